The van der Waals surface area contributed by atoms with Gasteiger partial charge in [-0.25, -0.2) is 9.97 Å². The van der Waals surface area contributed by atoms with Crippen LogP contribution in [-0.2, 0) is 21.9 Å². The van der Waals surface area contributed by atoms with Gasteiger partial charge in [-0.2, -0.15) is 13.2 Å². The average molecular weight is 552 g/mol. The van der Waals surface area contributed by atoms with E-state index in [-0.39, 0.29) is 17.7 Å². The Kier molecular flexibility index (Phi) is 9.16. The van der Waals surface area contributed by atoms with Gasteiger partial charge in [-0.1, -0.05) is 25.0 Å². The predicted octanol–water partition coefficient (Wildman–Crippen LogP) is 5.80. The Labute approximate surface area is 221 Å². The lowest BCUT2D eigenvalue weighted by molar-refractivity contribution is -0.137. The first-order valence-corrected chi connectivity index (χ1v) is 15.8. The van der Waals surface area contributed by atoms with Crippen molar-refractivity contribution in [1.29, 1.82) is 0 Å². The molecule has 1 aliphatic rings. The number of rotatable bonds is 12. The highest BCUT2D eigenvalue weighted by Gasteiger charge is 2.36. The number of unbranched alkanes of at least 4 members (excludes halogenated alkanes) is 1. The quantitative estimate of drug-likeness (QED) is 0.195. The molecule has 7 nitrogen and oxygen atoms in total. The van der Waals surface area contributed by atoms with Crippen LogP contribution in [-0.4, -0.2) is 61.1 Å². The van der Waals surface area contributed by atoms with Crippen LogP contribution in [0, 0.1) is 0 Å². The molecule has 0 amide bonds. The van der Waals surface area contributed by atoms with E-state index in [0.29, 0.717) is 41.4 Å². The summed E-state index contributed by atoms with van der Waals surface area (Å²) >= 11 is 0. The summed E-state index contributed by atoms with van der Waals surface area (Å²) in [5.41, 5.74) is 0.794. The van der Waals surface area contributed by atoms with E-state index in [1.807, 2.05) is 19.2 Å². The number of anilines is 1. The van der Waals surface area contributed by atoms with Crippen molar-refractivity contribution in [1.82, 2.24) is 20.3 Å². The first-order valence-electron chi connectivity index (χ1n) is 13.2. The number of fused-ring (bicyclic) bond motifs is 1. The molecule has 4 rings (SSSR count). The smallest absolute Gasteiger partial charge is 0.380 e. The molecule has 3 N–H and O–H groups in total. The van der Waals surface area contributed by atoms with Gasteiger partial charge in [0.05, 0.1) is 17.8 Å². The lowest BCUT2D eigenvalue weighted by atomic mass is 10.0. The molecular formula is C27H37F3N5O2P. The van der Waals surface area contributed by atoms with Crippen molar-refractivity contribution >= 4 is 29.3 Å². The summed E-state index contributed by atoms with van der Waals surface area (Å²) in [5, 5.41) is 7.49. The van der Waals surface area contributed by atoms with E-state index in [0.717, 1.165) is 56.8 Å². The Morgan fingerprint density at radius 3 is 2.61 bits per heavy atom. The molecule has 2 heterocycles. The number of nitrogens with one attached hydrogen (secondary N) is 3. The maximum atomic E-state index is 14.0. The number of ether oxygens (including phenoxy) is 1. The number of halogens is 3. The molecular weight excluding hydrogens is 514 g/mol. The molecule has 1 aromatic carbocycles. The summed E-state index contributed by atoms with van der Waals surface area (Å²) in [5.74, 6) is 0.194. The molecule has 0 unspecified atom stereocenters. The molecule has 1 fully saturated rings. The van der Waals surface area contributed by atoms with Crippen LogP contribution in [0.3, 0.4) is 0 Å². The van der Waals surface area contributed by atoms with Crippen molar-refractivity contribution < 1.29 is 22.5 Å². The predicted molar refractivity (Wildman–Crippen MR) is 147 cm³/mol. The van der Waals surface area contributed by atoms with Gasteiger partial charge in [0.2, 0.25) is 5.95 Å². The molecule has 0 spiro atoms. The van der Waals surface area contributed by atoms with Gasteiger partial charge in [0, 0.05) is 47.8 Å². The van der Waals surface area contributed by atoms with Gasteiger partial charge in [-0.05, 0) is 58.0 Å². The van der Waals surface area contributed by atoms with Crippen molar-refractivity contribution in [3.8, 4) is 11.3 Å². The monoisotopic (exact) mass is 551 g/mol. The lowest BCUT2D eigenvalue weighted by Crippen LogP contribution is -2.18. The van der Waals surface area contributed by atoms with Crippen LogP contribution in [0.5, 0.6) is 0 Å². The molecule has 11 heteroatoms. The maximum absolute atomic E-state index is 14.0. The van der Waals surface area contributed by atoms with Crippen LogP contribution in [0.4, 0.5) is 19.1 Å². The fourth-order valence-corrected chi connectivity index (χ4v) is 6.75. The van der Waals surface area contributed by atoms with Crippen LogP contribution >= 0.6 is 7.14 Å². The highest BCUT2D eigenvalue weighted by Crippen LogP contribution is 2.43. The third-order valence-electron chi connectivity index (χ3n) is 6.97. The van der Waals surface area contributed by atoms with Crippen molar-refractivity contribution in [3.63, 3.8) is 0 Å². The highest BCUT2D eigenvalue weighted by atomic mass is 31.2. The Morgan fingerprint density at radius 1 is 1.16 bits per heavy atom. The largest absolute Gasteiger partial charge is 0.419 e. The zero-order valence-corrected chi connectivity index (χ0v) is 23.1. The number of alkyl halides is 3. The Balaban J connectivity index is 1.68. The molecule has 0 bridgehead atoms. The second kappa shape index (κ2) is 12.2. The normalized spacial score (nSPS) is 15.0. The Morgan fingerprint density at radius 2 is 1.92 bits per heavy atom. The number of aryl methyl sites for hydroxylation is 1. The number of aromatic amines is 1. The third kappa shape index (κ3) is 6.77. The molecule has 0 atom stereocenters. The van der Waals surface area contributed by atoms with Gasteiger partial charge in [-0.15, -0.1) is 0 Å². The number of hydrogen-bond donors (Lipinski definition) is 3. The molecule has 0 radical (unpaired) electrons. The highest BCUT2D eigenvalue weighted by molar-refractivity contribution is 7.70. The van der Waals surface area contributed by atoms with Gasteiger partial charge in [-0.3, -0.25) is 0 Å². The number of H-pyrrole nitrogens is 1. The number of hydrogen-bond acceptors (Lipinski definition) is 6. The van der Waals surface area contributed by atoms with Gasteiger partial charge < -0.3 is 24.9 Å². The molecule has 1 saturated carbocycles. The number of benzene rings is 1. The fraction of sp³-hybridized carbons (Fsp3) is 0.556. The van der Waals surface area contributed by atoms with E-state index >= 15 is 0 Å². The number of aromatic nitrogens is 3. The van der Waals surface area contributed by atoms with E-state index < -0.39 is 18.9 Å². The SMILES string of the molecule is CNCCOCCCCc1ccc2c(-c3nc(NC4CCCC4)ncc3C(F)(F)F)c[nH]c2c1P(C)(C)=O. The van der Waals surface area contributed by atoms with Crippen molar-refractivity contribution in [3.05, 3.63) is 35.7 Å². The molecule has 208 valence electrons. The average Bonchev–Trinajstić information content (AvgIpc) is 3.51. The first kappa shape index (κ1) is 28.6. The van der Waals surface area contributed by atoms with Gasteiger partial charge in [0.15, 0.2) is 0 Å². The summed E-state index contributed by atoms with van der Waals surface area (Å²) in [7, 11) is -0.885. The van der Waals surface area contributed by atoms with Crippen molar-refractivity contribution in [2.24, 2.45) is 0 Å². The molecule has 1 aliphatic carbocycles. The topological polar surface area (TPSA) is 91.9 Å². The van der Waals surface area contributed by atoms with Crippen LogP contribution in [0.15, 0.2) is 24.5 Å². The molecule has 2 aromatic heterocycles. The Bertz CT molecular complexity index is 1280. The fourth-order valence-electron chi connectivity index (χ4n) is 5.15. The Hall–Kier alpha value is -2.42. The molecule has 0 saturated heterocycles. The van der Waals surface area contributed by atoms with Gasteiger partial charge in [0.25, 0.3) is 0 Å². The number of nitrogens with zero attached hydrogens (tertiary/aromatic N) is 2. The van der Waals surface area contributed by atoms with Gasteiger partial charge >= 0.3 is 6.18 Å². The molecule has 0 aliphatic heterocycles. The first-order chi connectivity index (χ1) is 18.1. The summed E-state index contributed by atoms with van der Waals surface area (Å²) < 4.78 is 61.0. The summed E-state index contributed by atoms with van der Waals surface area (Å²) in [4.78, 5) is 11.5. The van der Waals surface area contributed by atoms with Crippen LogP contribution in [0.1, 0.15) is 49.7 Å². The second-order valence-corrected chi connectivity index (χ2v) is 13.5. The van der Waals surface area contributed by atoms with Crippen LogP contribution in [0.25, 0.3) is 22.2 Å². The van der Waals surface area contributed by atoms with Crippen molar-refractivity contribution in [2.75, 3.05) is 45.5 Å². The zero-order valence-electron chi connectivity index (χ0n) is 22.2. The zero-order chi connectivity index (χ0) is 27.3. The second-order valence-electron chi connectivity index (χ2n) is 10.3. The maximum Gasteiger partial charge on any atom is 0.419 e. The standard InChI is InChI=1S/C27H37F3N5O2P/c1-31-13-15-37-14-7-6-8-18-11-12-20-21(16-32-24(20)25(18)38(2,3)36)23-22(27(28,29)30)17-33-26(35-23)34-19-9-4-5-10-19/h11-12,16-17,19,31-32H,4-10,13-15H2,1-3H3,(H,33,34,35). The van der Waals surface area contributed by atoms with E-state index in [1.165, 1.54) is 0 Å². The van der Waals surface area contributed by atoms with E-state index in [9.17, 15) is 17.7 Å². The third-order valence-corrected chi connectivity index (χ3v) is 8.56. The van der Waals surface area contributed by atoms with Crippen LogP contribution in [0.2, 0.25) is 0 Å². The van der Waals surface area contributed by atoms with E-state index in [2.05, 4.69) is 25.6 Å². The number of likely N-dealkylation sites (N-methyl/N-ethyl adjacent to an activating group) is 1. The summed E-state index contributed by atoms with van der Waals surface area (Å²) in [6.45, 7) is 5.49. The van der Waals surface area contributed by atoms with Crippen LogP contribution < -0.4 is 15.9 Å². The molecule has 38 heavy (non-hydrogen) atoms. The van der Waals surface area contributed by atoms with E-state index in [1.54, 1.807) is 19.5 Å². The molecule has 3 aromatic rings. The van der Waals surface area contributed by atoms with Gasteiger partial charge in [0.1, 0.15) is 12.7 Å². The summed E-state index contributed by atoms with van der Waals surface area (Å²) in [6.07, 6.45) is 4.26. The summed E-state index contributed by atoms with van der Waals surface area (Å²) in [6, 6.07) is 3.87. The minimum absolute atomic E-state index is 0.163. The minimum atomic E-state index is -4.62. The van der Waals surface area contributed by atoms with E-state index in [4.69, 9.17) is 4.74 Å². The van der Waals surface area contributed by atoms with Crippen molar-refractivity contribution in [2.45, 2.75) is 57.2 Å². The lowest BCUT2D eigenvalue weighted by Gasteiger charge is -2.17. The minimum Gasteiger partial charge on any atom is -0.380 e.